The van der Waals surface area contributed by atoms with Gasteiger partial charge in [-0.3, -0.25) is 15.5 Å². The molecule has 164 valence electrons. The summed E-state index contributed by atoms with van der Waals surface area (Å²) in [7, 11) is 0. The number of halogens is 1. The van der Waals surface area contributed by atoms with Crippen LogP contribution in [0.4, 0.5) is 4.39 Å². The van der Waals surface area contributed by atoms with E-state index in [1.54, 1.807) is 17.0 Å². The number of nitrogens with one attached hydrogen (secondary N) is 2. The fraction of sp³-hybridized carbons (Fsp3) is 0.667. The van der Waals surface area contributed by atoms with Gasteiger partial charge in [0.25, 0.3) is 0 Å². The van der Waals surface area contributed by atoms with Crippen LogP contribution in [0, 0.1) is 11.2 Å². The predicted octanol–water partition coefficient (Wildman–Crippen LogP) is 1.54. The van der Waals surface area contributed by atoms with Gasteiger partial charge in [0, 0.05) is 11.6 Å². The predicted molar refractivity (Wildman–Crippen MR) is 106 cm³/mol. The average molecular weight is 420 g/mol. The summed E-state index contributed by atoms with van der Waals surface area (Å²) in [5.74, 6) is 0.892. The molecule has 4 saturated heterocycles. The summed E-state index contributed by atoms with van der Waals surface area (Å²) in [6.45, 7) is 5.09. The smallest absolute Gasteiger partial charge is 0.215 e. The summed E-state index contributed by atoms with van der Waals surface area (Å²) < 4.78 is 31.3. The molecule has 4 aliphatic rings. The third kappa shape index (κ3) is 3.75. The second-order valence-electron chi connectivity index (χ2n) is 8.94. The highest BCUT2D eigenvalue weighted by Gasteiger charge is 2.51. The number of rotatable bonds is 4. The molecule has 0 unspecified atom stereocenters. The minimum absolute atomic E-state index is 0.0232. The molecule has 5 rings (SSSR count). The van der Waals surface area contributed by atoms with E-state index in [4.69, 9.17) is 24.8 Å². The molecule has 8 nitrogen and oxygen atoms in total. The van der Waals surface area contributed by atoms with Gasteiger partial charge in [0.1, 0.15) is 23.3 Å². The molecule has 0 amide bonds. The van der Waals surface area contributed by atoms with Crippen molar-refractivity contribution in [3.63, 3.8) is 0 Å². The highest BCUT2D eigenvalue weighted by molar-refractivity contribution is 5.76. The van der Waals surface area contributed by atoms with Crippen molar-refractivity contribution in [1.29, 1.82) is 5.41 Å². The van der Waals surface area contributed by atoms with Crippen LogP contribution in [0.2, 0.25) is 0 Å². The van der Waals surface area contributed by atoms with Crippen LogP contribution < -0.4 is 10.2 Å². The lowest BCUT2D eigenvalue weighted by Gasteiger charge is -2.48. The normalized spacial score (nSPS) is 27.0. The van der Waals surface area contributed by atoms with Crippen molar-refractivity contribution in [3.8, 4) is 5.75 Å². The molecule has 0 saturated carbocycles. The van der Waals surface area contributed by atoms with Crippen LogP contribution in [-0.4, -0.2) is 84.7 Å². The van der Waals surface area contributed by atoms with E-state index in [9.17, 15) is 4.39 Å². The quantitative estimate of drug-likeness (QED) is 0.387. The number of hydrogen-bond acceptors (Lipinski definition) is 6. The summed E-state index contributed by atoms with van der Waals surface area (Å²) >= 11 is 0. The molecule has 0 radical (unpaired) electrons. The maximum Gasteiger partial charge on any atom is 0.215 e. The molecular weight excluding hydrogens is 391 g/mol. The van der Waals surface area contributed by atoms with Crippen molar-refractivity contribution >= 4 is 5.96 Å². The second kappa shape index (κ2) is 7.96. The van der Waals surface area contributed by atoms with Crippen molar-refractivity contribution < 1.29 is 23.8 Å². The lowest BCUT2D eigenvalue weighted by atomic mass is 9.86. The number of guanidine groups is 1. The van der Waals surface area contributed by atoms with Gasteiger partial charge in [0.2, 0.25) is 5.96 Å². The Labute approximate surface area is 175 Å². The molecule has 30 heavy (non-hydrogen) atoms. The maximum absolute atomic E-state index is 14.0. The van der Waals surface area contributed by atoms with Crippen LogP contribution >= 0.6 is 0 Å². The second-order valence-corrected chi connectivity index (χ2v) is 8.94. The van der Waals surface area contributed by atoms with E-state index in [-0.39, 0.29) is 23.5 Å². The van der Waals surface area contributed by atoms with Gasteiger partial charge in [-0.15, -0.1) is 0 Å². The van der Waals surface area contributed by atoms with E-state index in [0.29, 0.717) is 44.9 Å². The van der Waals surface area contributed by atoms with Gasteiger partial charge in [0.05, 0.1) is 32.9 Å². The molecule has 0 aliphatic carbocycles. The summed E-state index contributed by atoms with van der Waals surface area (Å²) in [5.41, 5.74) is 2.68. The first-order valence-electron chi connectivity index (χ1n) is 10.7. The average Bonchev–Trinajstić information content (AvgIpc) is 3.16. The van der Waals surface area contributed by atoms with E-state index in [1.165, 1.54) is 6.07 Å². The third-order valence-corrected chi connectivity index (χ3v) is 6.93. The van der Waals surface area contributed by atoms with E-state index >= 15 is 0 Å². The highest BCUT2D eigenvalue weighted by atomic mass is 19.1. The van der Waals surface area contributed by atoms with E-state index in [1.807, 2.05) is 5.48 Å². The first-order chi connectivity index (χ1) is 14.5. The number of piperidine rings is 1. The van der Waals surface area contributed by atoms with Gasteiger partial charge < -0.3 is 19.1 Å². The van der Waals surface area contributed by atoms with Crippen LogP contribution in [0.3, 0.4) is 0 Å². The summed E-state index contributed by atoms with van der Waals surface area (Å²) in [5, 5.41) is 16.5. The number of likely N-dealkylation sites (tertiary alicyclic amines) is 2. The van der Waals surface area contributed by atoms with Gasteiger partial charge in [-0.25, -0.2) is 9.87 Å². The van der Waals surface area contributed by atoms with Gasteiger partial charge in [-0.2, -0.15) is 0 Å². The highest BCUT2D eigenvalue weighted by Crippen LogP contribution is 2.40. The summed E-state index contributed by atoms with van der Waals surface area (Å²) in [4.78, 5) is 4.26. The summed E-state index contributed by atoms with van der Waals surface area (Å²) in [6.07, 6.45) is 2.96. The summed E-state index contributed by atoms with van der Waals surface area (Å²) in [6, 6.07) is 5.23. The SMILES string of the molecule is N=C(NO)N1CC2(C[C@H](N3CCC(c4cc(F)ccc4OC4COC4)CC3)CO2)C1. The minimum atomic E-state index is -0.215. The fourth-order valence-corrected chi connectivity index (χ4v) is 5.14. The third-order valence-electron chi connectivity index (χ3n) is 6.93. The molecule has 0 bridgehead atoms. The number of hydrogen-bond donors (Lipinski definition) is 3. The standard InChI is InChI=1S/C21H29FN4O4/c22-15-1-2-19(30-17-10-28-11-17)18(7-15)14-3-5-25(6-4-14)16-8-21(29-9-16)12-26(13-21)20(23)24-27/h1-2,7,14,16-17,27H,3-6,8-13H2,(H2,23,24)/t16-/m0/s1. The molecule has 4 aliphatic heterocycles. The van der Waals surface area contributed by atoms with Crippen molar-refractivity contribution in [2.45, 2.75) is 42.9 Å². The van der Waals surface area contributed by atoms with Gasteiger partial charge in [-0.1, -0.05) is 0 Å². The van der Waals surface area contributed by atoms with Crippen LogP contribution in [0.25, 0.3) is 0 Å². The number of nitrogens with zero attached hydrogens (tertiary/aromatic N) is 2. The first-order valence-corrected chi connectivity index (χ1v) is 10.7. The van der Waals surface area contributed by atoms with Crippen molar-refractivity contribution in [3.05, 3.63) is 29.6 Å². The van der Waals surface area contributed by atoms with Crippen molar-refractivity contribution in [1.82, 2.24) is 15.3 Å². The molecule has 1 aromatic carbocycles. The Kier molecular flexibility index (Phi) is 5.30. The van der Waals surface area contributed by atoms with Crippen molar-refractivity contribution in [2.75, 3.05) is 46.0 Å². The first kappa shape index (κ1) is 20.0. The number of benzene rings is 1. The monoisotopic (exact) mass is 420 g/mol. The lowest BCUT2D eigenvalue weighted by Crippen LogP contribution is -2.65. The Balaban J connectivity index is 1.17. The van der Waals surface area contributed by atoms with Gasteiger partial charge >= 0.3 is 0 Å². The van der Waals surface area contributed by atoms with E-state index in [0.717, 1.165) is 43.7 Å². The molecule has 4 heterocycles. The minimum Gasteiger partial charge on any atom is -0.485 e. The zero-order valence-electron chi connectivity index (χ0n) is 17.0. The molecule has 3 N–H and O–H groups in total. The fourth-order valence-electron chi connectivity index (χ4n) is 5.14. The zero-order valence-corrected chi connectivity index (χ0v) is 17.0. The Morgan fingerprint density at radius 3 is 2.67 bits per heavy atom. The Morgan fingerprint density at radius 1 is 1.23 bits per heavy atom. The van der Waals surface area contributed by atoms with Crippen LogP contribution in [-0.2, 0) is 9.47 Å². The molecule has 1 atom stereocenters. The Bertz CT molecular complexity index is 791. The van der Waals surface area contributed by atoms with Crippen LogP contribution in [0.5, 0.6) is 5.75 Å². The van der Waals surface area contributed by atoms with Crippen LogP contribution in [0.1, 0.15) is 30.7 Å². The van der Waals surface area contributed by atoms with Crippen molar-refractivity contribution in [2.24, 2.45) is 0 Å². The van der Waals surface area contributed by atoms with Crippen LogP contribution in [0.15, 0.2) is 18.2 Å². The molecule has 1 aromatic rings. The van der Waals surface area contributed by atoms with Gasteiger partial charge in [0.15, 0.2) is 0 Å². The Hall–Kier alpha value is -1.94. The largest absolute Gasteiger partial charge is 0.485 e. The Morgan fingerprint density at radius 2 is 2.00 bits per heavy atom. The number of ether oxygens (including phenoxy) is 3. The molecule has 4 fully saturated rings. The molecular formula is C21H29FN4O4. The zero-order chi connectivity index (χ0) is 20.7. The maximum atomic E-state index is 14.0. The molecule has 0 aromatic heterocycles. The molecule has 1 spiro atoms. The number of hydroxylamine groups is 1. The lowest BCUT2D eigenvalue weighted by molar-refractivity contribution is -0.0870. The van der Waals surface area contributed by atoms with Gasteiger partial charge in [-0.05, 0) is 56.5 Å². The van der Waals surface area contributed by atoms with E-state index < -0.39 is 0 Å². The topological polar surface area (TPSA) is 90.3 Å². The van der Waals surface area contributed by atoms with E-state index in [2.05, 4.69) is 4.90 Å². The molecule has 9 heteroatoms.